The summed E-state index contributed by atoms with van der Waals surface area (Å²) in [5, 5.41) is 0.735. The Bertz CT molecular complexity index is 775. The van der Waals surface area contributed by atoms with Gasteiger partial charge in [-0.25, -0.2) is 9.97 Å². The van der Waals surface area contributed by atoms with E-state index < -0.39 is 11.7 Å². The van der Waals surface area contributed by atoms with E-state index in [1.807, 2.05) is 12.1 Å². The molecule has 0 atom stereocenters. The predicted octanol–water partition coefficient (Wildman–Crippen LogP) is 3.65. The smallest absolute Gasteiger partial charge is 0.350 e. The highest BCUT2D eigenvalue weighted by atomic mass is 19.4. The van der Waals surface area contributed by atoms with Gasteiger partial charge in [0.25, 0.3) is 0 Å². The molecule has 0 bridgehead atoms. The van der Waals surface area contributed by atoms with Crippen LogP contribution in [-0.2, 0) is 13.2 Å². The number of hydrogen-bond acceptors (Lipinski definition) is 2. The monoisotopic (exact) mass is 277 g/mol. The second-order valence-corrected chi connectivity index (χ2v) is 4.45. The Balaban J connectivity index is 2.33. The fourth-order valence-corrected chi connectivity index (χ4v) is 2.28. The van der Waals surface area contributed by atoms with Gasteiger partial charge in [-0.05, 0) is 6.07 Å². The third-order valence-corrected chi connectivity index (χ3v) is 3.17. The van der Waals surface area contributed by atoms with Crippen LogP contribution in [0.25, 0.3) is 22.2 Å². The number of hydrogen-bond donors (Lipinski definition) is 0. The first-order chi connectivity index (χ1) is 9.48. The standard InChI is InChI=1S/C14H10F3N3/c1-20-7-10(9-4-2-3-5-12(9)20)13-11(14(15,16)17)6-18-8-19-13/h2-8H,1H3. The normalized spacial score (nSPS) is 12.0. The Morgan fingerprint density at radius 1 is 1.15 bits per heavy atom. The first-order valence-electron chi connectivity index (χ1n) is 5.90. The van der Waals surface area contributed by atoms with E-state index in [4.69, 9.17) is 0 Å². The Labute approximate surface area is 112 Å². The number of aryl methyl sites for hydroxylation is 1. The molecule has 0 saturated heterocycles. The van der Waals surface area contributed by atoms with Crippen molar-refractivity contribution in [2.24, 2.45) is 7.05 Å². The van der Waals surface area contributed by atoms with Gasteiger partial charge in [0.05, 0.1) is 5.69 Å². The third kappa shape index (κ3) is 1.93. The van der Waals surface area contributed by atoms with Gasteiger partial charge in [-0.3, -0.25) is 0 Å². The zero-order valence-corrected chi connectivity index (χ0v) is 10.5. The lowest BCUT2D eigenvalue weighted by Gasteiger charge is -2.10. The van der Waals surface area contributed by atoms with Gasteiger partial charge in [-0.15, -0.1) is 0 Å². The van der Waals surface area contributed by atoms with Crippen molar-refractivity contribution in [2.45, 2.75) is 6.18 Å². The predicted molar refractivity (Wildman–Crippen MR) is 68.9 cm³/mol. The van der Waals surface area contributed by atoms with E-state index >= 15 is 0 Å². The topological polar surface area (TPSA) is 30.7 Å². The number of alkyl halides is 3. The van der Waals surface area contributed by atoms with Crippen molar-refractivity contribution in [2.75, 3.05) is 0 Å². The fraction of sp³-hybridized carbons (Fsp3) is 0.143. The Morgan fingerprint density at radius 3 is 2.65 bits per heavy atom. The number of halogens is 3. The van der Waals surface area contributed by atoms with Crippen molar-refractivity contribution < 1.29 is 13.2 Å². The molecule has 0 fully saturated rings. The van der Waals surface area contributed by atoms with Crippen LogP contribution < -0.4 is 0 Å². The highest BCUT2D eigenvalue weighted by Gasteiger charge is 2.35. The molecule has 3 aromatic rings. The molecular formula is C14H10F3N3. The molecule has 6 heteroatoms. The van der Waals surface area contributed by atoms with Crippen LogP contribution in [0.4, 0.5) is 13.2 Å². The lowest BCUT2D eigenvalue weighted by atomic mass is 10.1. The molecule has 0 aliphatic carbocycles. The van der Waals surface area contributed by atoms with Crippen molar-refractivity contribution in [1.82, 2.24) is 14.5 Å². The minimum Gasteiger partial charge on any atom is -0.350 e. The van der Waals surface area contributed by atoms with Crippen molar-refractivity contribution in [1.29, 1.82) is 0 Å². The van der Waals surface area contributed by atoms with Gasteiger partial charge >= 0.3 is 6.18 Å². The first kappa shape index (κ1) is 12.7. The minimum absolute atomic E-state index is 0.0932. The van der Waals surface area contributed by atoms with Crippen LogP contribution in [0.15, 0.2) is 43.0 Å². The van der Waals surface area contributed by atoms with Crippen LogP contribution in [0, 0.1) is 0 Å². The zero-order valence-electron chi connectivity index (χ0n) is 10.5. The summed E-state index contributed by atoms with van der Waals surface area (Å²) in [5.41, 5.74) is 0.396. The lowest BCUT2D eigenvalue weighted by Crippen LogP contribution is -2.09. The molecule has 0 amide bonds. The van der Waals surface area contributed by atoms with E-state index in [2.05, 4.69) is 9.97 Å². The molecule has 102 valence electrons. The van der Waals surface area contributed by atoms with Gasteiger partial charge in [0.1, 0.15) is 11.9 Å². The summed E-state index contributed by atoms with van der Waals surface area (Å²) in [6.07, 6.45) is -0.883. The number of nitrogens with zero attached hydrogens (tertiary/aromatic N) is 3. The highest BCUT2D eigenvalue weighted by Crippen LogP contribution is 2.38. The zero-order chi connectivity index (χ0) is 14.3. The van der Waals surface area contributed by atoms with E-state index in [9.17, 15) is 13.2 Å². The van der Waals surface area contributed by atoms with Crippen molar-refractivity contribution >= 4 is 10.9 Å². The van der Waals surface area contributed by atoms with Crippen molar-refractivity contribution in [3.63, 3.8) is 0 Å². The Kier molecular flexibility index (Phi) is 2.74. The van der Waals surface area contributed by atoms with Gasteiger partial charge in [0, 0.05) is 35.9 Å². The molecule has 0 unspecified atom stereocenters. The fourth-order valence-electron chi connectivity index (χ4n) is 2.28. The van der Waals surface area contributed by atoms with E-state index in [-0.39, 0.29) is 5.69 Å². The summed E-state index contributed by atoms with van der Waals surface area (Å²) in [6, 6.07) is 7.28. The molecule has 2 heterocycles. The Morgan fingerprint density at radius 2 is 1.90 bits per heavy atom. The molecule has 0 radical (unpaired) electrons. The summed E-state index contributed by atoms with van der Waals surface area (Å²) < 4.78 is 40.9. The Hall–Kier alpha value is -2.37. The van der Waals surface area contributed by atoms with Crippen LogP contribution in [0.2, 0.25) is 0 Å². The average molecular weight is 277 g/mol. The number of rotatable bonds is 1. The van der Waals surface area contributed by atoms with Crippen molar-refractivity contribution in [3.8, 4) is 11.3 Å². The number of aromatic nitrogens is 3. The minimum atomic E-state index is -4.48. The maximum Gasteiger partial charge on any atom is 0.419 e. The molecule has 0 aliphatic heterocycles. The van der Waals surface area contributed by atoms with Gasteiger partial charge in [0.15, 0.2) is 0 Å². The van der Waals surface area contributed by atoms with Crippen molar-refractivity contribution in [3.05, 3.63) is 48.5 Å². The van der Waals surface area contributed by atoms with Crippen LogP contribution in [0.3, 0.4) is 0 Å². The highest BCUT2D eigenvalue weighted by molar-refractivity contribution is 5.95. The molecule has 3 nitrogen and oxygen atoms in total. The van der Waals surface area contributed by atoms with Gasteiger partial charge in [0.2, 0.25) is 0 Å². The van der Waals surface area contributed by atoms with Crippen LogP contribution in [0.5, 0.6) is 0 Å². The molecule has 1 aromatic carbocycles. The maximum atomic E-state index is 13.1. The van der Waals surface area contributed by atoms with E-state index in [0.717, 1.165) is 23.4 Å². The second-order valence-electron chi connectivity index (χ2n) is 4.45. The number of fused-ring (bicyclic) bond motifs is 1. The maximum absolute atomic E-state index is 13.1. The first-order valence-corrected chi connectivity index (χ1v) is 5.90. The molecule has 20 heavy (non-hydrogen) atoms. The van der Waals surface area contributed by atoms with Crippen LogP contribution >= 0.6 is 0 Å². The SMILES string of the molecule is Cn1cc(-c2ncncc2C(F)(F)F)c2ccccc21. The molecule has 0 saturated carbocycles. The molecular weight excluding hydrogens is 267 g/mol. The summed E-state index contributed by atoms with van der Waals surface area (Å²) in [7, 11) is 1.79. The lowest BCUT2D eigenvalue weighted by molar-refractivity contribution is -0.137. The average Bonchev–Trinajstić information content (AvgIpc) is 2.76. The summed E-state index contributed by atoms with van der Waals surface area (Å²) >= 11 is 0. The van der Waals surface area contributed by atoms with E-state index in [1.165, 1.54) is 0 Å². The van der Waals surface area contributed by atoms with Gasteiger partial charge < -0.3 is 4.57 Å². The number of para-hydroxylation sites is 1. The molecule has 0 spiro atoms. The second kappa shape index (κ2) is 4.33. The number of benzene rings is 1. The van der Waals surface area contributed by atoms with Crippen LogP contribution in [-0.4, -0.2) is 14.5 Å². The molecule has 0 N–H and O–H groups in total. The molecule has 0 aliphatic rings. The van der Waals surface area contributed by atoms with E-state index in [1.54, 1.807) is 29.9 Å². The van der Waals surface area contributed by atoms with Gasteiger partial charge in [-0.2, -0.15) is 13.2 Å². The van der Waals surface area contributed by atoms with E-state index in [0.29, 0.717) is 5.56 Å². The quantitative estimate of drug-likeness (QED) is 0.679. The third-order valence-electron chi connectivity index (χ3n) is 3.17. The summed E-state index contributed by atoms with van der Waals surface area (Å²) in [6.45, 7) is 0. The van der Waals surface area contributed by atoms with Crippen LogP contribution in [0.1, 0.15) is 5.56 Å². The summed E-state index contributed by atoms with van der Waals surface area (Å²) in [4.78, 5) is 7.32. The molecule has 3 rings (SSSR count). The summed E-state index contributed by atoms with van der Waals surface area (Å²) in [5.74, 6) is 0. The van der Waals surface area contributed by atoms with Gasteiger partial charge in [-0.1, -0.05) is 18.2 Å². The largest absolute Gasteiger partial charge is 0.419 e. The molecule has 2 aromatic heterocycles.